The Labute approximate surface area is 246 Å². The van der Waals surface area contributed by atoms with Gasteiger partial charge in [-0.15, -0.1) is 0 Å². The highest BCUT2D eigenvalue weighted by Crippen LogP contribution is 2.37. The summed E-state index contributed by atoms with van der Waals surface area (Å²) in [6.45, 7) is 6.62. The van der Waals surface area contributed by atoms with Gasteiger partial charge in [-0.05, 0) is 81.6 Å². The molecule has 10 heteroatoms. The summed E-state index contributed by atoms with van der Waals surface area (Å²) in [5.41, 5.74) is 2.27. The normalized spacial score (nSPS) is 19.9. The fraction of sp³-hybridized carbons (Fsp3) is 0.438. The summed E-state index contributed by atoms with van der Waals surface area (Å²) in [4.78, 5) is 40.6. The number of amides is 2. The van der Waals surface area contributed by atoms with Crippen molar-refractivity contribution in [2.45, 2.75) is 64.6 Å². The zero-order valence-corrected chi connectivity index (χ0v) is 24.2. The Hall–Kier alpha value is -4.18. The van der Waals surface area contributed by atoms with Crippen LogP contribution in [-0.4, -0.2) is 63.2 Å². The van der Waals surface area contributed by atoms with Crippen LogP contribution < -0.4 is 15.4 Å². The maximum Gasteiger partial charge on any atom is 0.326 e. The molecule has 3 aromatic rings. The molecule has 4 bridgehead atoms. The van der Waals surface area contributed by atoms with Gasteiger partial charge >= 0.3 is 5.97 Å². The molecule has 3 aliphatic rings. The van der Waals surface area contributed by atoms with Gasteiger partial charge in [0.05, 0.1) is 11.6 Å². The highest BCUT2D eigenvalue weighted by molar-refractivity contribution is 5.86. The molecule has 1 atom stereocenters. The fourth-order valence-corrected chi connectivity index (χ4v) is 5.74. The number of likely N-dealkylation sites (tertiary alicyclic amines) is 1. The molecule has 2 amide bonds. The van der Waals surface area contributed by atoms with E-state index in [1.807, 2.05) is 35.1 Å². The van der Waals surface area contributed by atoms with Gasteiger partial charge in [-0.1, -0.05) is 24.3 Å². The van der Waals surface area contributed by atoms with E-state index in [1.54, 1.807) is 24.3 Å². The number of piperidine rings is 1. The number of rotatable bonds is 4. The van der Waals surface area contributed by atoms with Gasteiger partial charge in [0, 0.05) is 43.7 Å². The maximum atomic E-state index is 13.8. The molecule has 1 aromatic heterocycles. The molecule has 3 aliphatic heterocycles. The Balaban J connectivity index is 1.36. The van der Waals surface area contributed by atoms with Crippen molar-refractivity contribution in [2.24, 2.45) is 5.41 Å². The summed E-state index contributed by atoms with van der Waals surface area (Å²) in [6, 6.07) is 14.3. The number of hydrogen-bond acceptors (Lipinski definition) is 6. The SMILES string of the molecule is CC(C)n1cc(CN2CCC3(CC2)Cc2cccc(c2)Oc2ccc(cc2)C[C@@H](C(=O)O)NC(=O)CCNC3=O)cn1. The summed E-state index contributed by atoms with van der Waals surface area (Å²) in [5, 5.41) is 19.7. The largest absolute Gasteiger partial charge is 0.480 e. The van der Waals surface area contributed by atoms with Crippen LogP contribution in [0, 0.1) is 5.41 Å². The Morgan fingerprint density at radius 2 is 1.86 bits per heavy atom. The lowest BCUT2D eigenvalue weighted by molar-refractivity contribution is -0.142. The molecule has 4 heterocycles. The molecular formula is C32H39N5O5. The average molecular weight is 574 g/mol. The minimum absolute atomic E-state index is 0.000170. The van der Waals surface area contributed by atoms with E-state index in [0.29, 0.717) is 36.8 Å². The molecule has 3 N–H and O–H groups in total. The van der Waals surface area contributed by atoms with Crippen LogP contribution in [0.1, 0.15) is 55.8 Å². The Bertz CT molecular complexity index is 1410. The van der Waals surface area contributed by atoms with Crippen LogP contribution in [0.3, 0.4) is 0 Å². The summed E-state index contributed by atoms with van der Waals surface area (Å²) < 4.78 is 8.07. The van der Waals surface area contributed by atoms with Gasteiger partial charge in [0.15, 0.2) is 0 Å². The minimum Gasteiger partial charge on any atom is -0.480 e. The monoisotopic (exact) mass is 573 g/mol. The molecule has 42 heavy (non-hydrogen) atoms. The van der Waals surface area contributed by atoms with Gasteiger partial charge in [0.1, 0.15) is 17.5 Å². The quantitative estimate of drug-likeness (QED) is 0.435. The standard InChI is InChI=1S/C32H39N5O5/c1-22(2)37-21-25(19-34-37)20-36-14-11-32(12-15-36)18-24-4-3-5-27(16-24)42-26-8-6-23(7-9-26)17-28(30(39)40)35-29(38)10-13-33-31(32)41/h3-9,16,19,21-22,28H,10-15,17-18,20H2,1-2H3,(H,33,41)(H,35,38)(H,39,40)/t28-/m0/s1. The Kier molecular flexibility index (Phi) is 8.91. The second-order valence-corrected chi connectivity index (χ2v) is 11.7. The molecule has 0 saturated carbocycles. The molecule has 1 saturated heterocycles. The third-order valence-electron chi connectivity index (χ3n) is 8.20. The number of benzene rings is 2. The fourth-order valence-electron chi connectivity index (χ4n) is 5.74. The van der Waals surface area contributed by atoms with E-state index in [2.05, 4.69) is 40.7 Å². The van der Waals surface area contributed by atoms with Crippen LogP contribution in [0.2, 0.25) is 0 Å². The predicted molar refractivity (Wildman–Crippen MR) is 157 cm³/mol. The van der Waals surface area contributed by atoms with E-state index >= 15 is 0 Å². The van der Waals surface area contributed by atoms with Gasteiger partial charge in [-0.3, -0.25) is 19.2 Å². The summed E-state index contributed by atoms with van der Waals surface area (Å²) in [7, 11) is 0. The first kappa shape index (κ1) is 29.3. The predicted octanol–water partition coefficient (Wildman–Crippen LogP) is 3.71. The van der Waals surface area contributed by atoms with Gasteiger partial charge in [-0.25, -0.2) is 4.79 Å². The number of nitrogens with zero attached hydrogens (tertiary/aromatic N) is 3. The zero-order valence-electron chi connectivity index (χ0n) is 24.2. The van der Waals surface area contributed by atoms with Crippen LogP contribution in [0.25, 0.3) is 0 Å². The molecule has 6 rings (SSSR count). The molecule has 1 fully saturated rings. The summed E-state index contributed by atoms with van der Waals surface area (Å²) >= 11 is 0. The lowest BCUT2D eigenvalue weighted by Crippen LogP contribution is -2.50. The van der Waals surface area contributed by atoms with Gasteiger partial charge < -0.3 is 20.5 Å². The Morgan fingerprint density at radius 3 is 2.55 bits per heavy atom. The van der Waals surface area contributed by atoms with Crippen molar-refractivity contribution in [3.05, 3.63) is 77.6 Å². The first-order valence-electron chi connectivity index (χ1n) is 14.6. The Morgan fingerprint density at radius 1 is 1.10 bits per heavy atom. The van der Waals surface area contributed by atoms with Crippen molar-refractivity contribution >= 4 is 17.8 Å². The summed E-state index contributed by atoms with van der Waals surface area (Å²) in [6.07, 6.45) is 6.00. The molecular weight excluding hydrogens is 534 g/mol. The van der Waals surface area contributed by atoms with Crippen LogP contribution in [0.5, 0.6) is 11.5 Å². The molecule has 1 spiro atoms. The van der Waals surface area contributed by atoms with Gasteiger partial charge in [0.25, 0.3) is 0 Å². The van der Waals surface area contributed by atoms with Crippen LogP contribution in [0.4, 0.5) is 0 Å². The minimum atomic E-state index is -1.11. The number of carbonyl (C=O) groups is 3. The van der Waals surface area contributed by atoms with E-state index in [0.717, 1.165) is 36.3 Å². The molecule has 0 aliphatic carbocycles. The summed E-state index contributed by atoms with van der Waals surface area (Å²) in [5.74, 6) is -0.315. The van der Waals surface area contributed by atoms with Gasteiger partial charge in [-0.2, -0.15) is 5.10 Å². The molecule has 0 radical (unpaired) electrons. The van der Waals surface area contributed by atoms with Gasteiger partial charge in [0.2, 0.25) is 11.8 Å². The number of carboxylic acids is 1. The third-order valence-corrected chi connectivity index (χ3v) is 8.20. The van der Waals surface area contributed by atoms with E-state index in [9.17, 15) is 19.5 Å². The van der Waals surface area contributed by atoms with E-state index < -0.39 is 23.3 Å². The smallest absolute Gasteiger partial charge is 0.326 e. The third kappa shape index (κ3) is 7.17. The molecule has 10 nitrogen and oxygen atoms in total. The number of ether oxygens (including phenoxy) is 1. The molecule has 2 aromatic carbocycles. The molecule has 0 unspecified atom stereocenters. The van der Waals surface area contributed by atoms with Crippen molar-refractivity contribution in [3.8, 4) is 11.5 Å². The van der Waals surface area contributed by atoms with Crippen molar-refractivity contribution in [2.75, 3.05) is 19.6 Å². The number of fused-ring (bicyclic) bond motifs is 9. The highest BCUT2D eigenvalue weighted by atomic mass is 16.5. The second-order valence-electron chi connectivity index (χ2n) is 11.7. The van der Waals surface area contributed by atoms with Crippen molar-refractivity contribution < 1.29 is 24.2 Å². The van der Waals surface area contributed by atoms with E-state index in [4.69, 9.17) is 4.74 Å². The molecule has 222 valence electrons. The lowest BCUT2D eigenvalue weighted by Gasteiger charge is -2.41. The number of aromatic nitrogens is 2. The number of aliphatic carboxylic acids is 1. The lowest BCUT2D eigenvalue weighted by atomic mass is 9.72. The van der Waals surface area contributed by atoms with Crippen LogP contribution in [0.15, 0.2) is 60.9 Å². The number of nitrogens with one attached hydrogen (secondary N) is 2. The second kappa shape index (κ2) is 12.8. The zero-order chi connectivity index (χ0) is 29.7. The van der Waals surface area contributed by atoms with Crippen molar-refractivity contribution in [3.63, 3.8) is 0 Å². The first-order chi connectivity index (χ1) is 20.2. The van der Waals surface area contributed by atoms with E-state index in [-0.39, 0.29) is 25.3 Å². The van der Waals surface area contributed by atoms with Crippen LogP contribution >= 0.6 is 0 Å². The maximum absolute atomic E-state index is 13.8. The number of carbonyl (C=O) groups excluding carboxylic acids is 2. The number of carboxylic acid groups (broad SMARTS) is 1. The highest BCUT2D eigenvalue weighted by Gasteiger charge is 2.41. The average Bonchev–Trinajstić information content (AvgIpc) is 3.43. The topological polar surface area (TPSA) is 126 Å². The van der Waals surface area contributed by atoms with Crippen molar-refractivity contribution in [1.29, 1.82) is 0 Å². The van der Waals surface area contributed by atoms with E-state index in [1.165, 1.54) is 0 Å². The van der Waals surface area contributed by atoms with Crippen LogP contribution in [-0.2, 0) is 33.8 Å². The first-order valence-corrected chi connectivity index (χ1v) is 14.6. The number of hydrogen-bond donors (Lipinski definition) is 3. The van der Waals surface area contributed by atoms with Crippen molar-refractivity contribution in [1.82, 2.24) is 25.3 Å².